The molecule has 1 aromatic carbocycles. The number of H-pyrrole nitrogens is 1. The van der Waals surface area contributed by atoms with Crippen LogP contribution < -0.4 is 5.69 Å². The van der Waals surface area contributed by atoms with E-state index in [1.165, 1.54) is 0 Å². The summed E-state index contributed by atoms with van der Waals surface area (Å²) in [4.78, 5) is 29.8. The number of unbranched alkanes of at least 4 members (excludes halogenated alkanes) is 1. The maximum atomic E-state index is 13.4. The van der Waals surface area contributed by atoms with E-state index < -0.39 is 0 Å². The molecular formula is C24H25N7O2. The molecule has 168 valence electrons. The highest BCUT2D eigenvalue weighted by molar-refractivity contribution is 5.88. The Morgan fingerprint density at radius 3 is 2.67 bits per heavy atom. The van der Waals surface area contributed by atoms with Gasteiger partial charge < -0.3 is 0 Å². The molecule has 1 atom stereocenters. The van der Waals surface area contributed by atoms with Crippen molar-refractivity contribution in [1.82, 2.24) is 34.7 Å². The first-order chi connectivity index (χ1) is 16.2. The van der Waals surface area contributed by atoms with Gasteiger partial charge in [-0.05, 0) is 52.4 Å². The largest absolute Gasteiger partial charge is 0.329 e. The molecule has 0 amide bonds. The van der Waals surface area contributed by atoms with Crippen LogP contribution in [0.2, 0.25) is 0 Å². The zero-order chi connectivity index (χ0) is 22.8. The summed E-state index contributed by atoms with van der Waals surface area (Å²) in [6.07, 6.45) is 9.49. The van der Waals surface area contributed by atoms with Gasteiger partial charge in [-0.25, -0.2) is 9.89 Å². The number of tetrazole rings is 1. The van der Waals surface area contributed by atoms with Gasteiger partial charge in [-0.3, -0.25) is 18.9 Å². The van der Waals surface area contributed by atoms with Crippen molar-refractivity contribution >= 4 is 5.78 Å². The fourth-order valence-electron chi connectivity index (χ4n) is 4.37. The van der Waals surface area contributed by atoms with E-state index in [4.69, 9.17) is 0 Å². The summed E-state index contributed by atoms with van der Waals surface area (Å²) < 4.78 is 3.42. The first-order valence-electron chi connectivity index (χ1n) is 11.3. The Bertz CT molecular complexity index is 1340. The van der Waals surface area contributed by atoms with Gasteiger partial charge in [0, 0.05) is 36.3 Å². The third kappa shape index (κ3) is 3.90. The van der Waals surface area contributed by atoms with E-state index in [2.05, 4.69) is 32.5 Å². The molecule has 9 nitrogen and oxygen atoms in total. The lowest BCUT2D eigenvalue weighted by molar-refractivity contribution is -0.128. The van der Waals surface area contributed by atoms with Crippen LogP contribution in [0.25, 0.3) is 22.5 Å². The van der Waals surface area contributed by atoms with E-state index in [-0.39, 0.29) is 17.5 Å². The second kappa shape index (κ2) is 8.93. The molecule has 1 N–H and O–H groups in total. The first-order valence-corrected chi connectivity index (χ1v) is 11.3. The number of aromatic nitrogens is 7. The number of aromatic amines is 1. The molecule has 4 aromatic rings. The Kier molecular flexibility index (Phi) is 5.68. The number of pyridine rings is 1. The smallest absolute Gasteiger partial charge is 0.297 e. The molecule has 1 saturated carbocycles. The van der Waals surface area contributed by atoms with Gasteiger partial charge in [0.25, 0.3) is 0 Å². The number of nitrogens with one attached hydrogen (secondary N) is 1. The predicted octanol–water partition coefficient (Wildman–Crippen LogP) is 3.19. The lowest BCUT2D eigenvalue weighted by Crippen LogP contribution is -2.36. The highest BCUT2D eigenvalue weighted by atomic mass is 16.2. The third-order valence-corrected chi connectivity index (χ3v) is 6.29. The minimum absolute atomic E-state index is 0.132. The molecule has 1 unspecified atom stereocenters. The van der Waals surface area contributed by atoms with Crippen molar-refractivity contribution < 1.29 is 4.79 Å². The minimum atomic E-state index is -0.327. The molecule has 0 saturated heterocycles. The van der Waals surface area contributed by atoms with Crippen LogP contribution in [0.3, 0.4) is 0 Å². The zero-order valence-corrected chi connectivity index (χ0v) is 18.4. The average Bonchev–Trinajstić information content (AvgIpc) is 3.47. The highest BCUT2D eigenvalue weighted by Gasteiger charge is 2.32. The van der Waals surface area contributed by atoms with Gasteiger partial charge in [0.2, 0.25) is 0 Å². The molecule has 0 bridgehead atoms. The van der Waals surface area contributed by atoms with Crippen molar-refractivity contribution in [3.8, 4) is 22.5 Å². The van der Waals surface area contributed by atoms with Gasteiger partial charge in [-0.1, -0.05) is 37.6 Å². The molecule has 9 heteroatoms. The molecule has 1 fully saturated rings. The van der Waals surface area contributed by atoms with Crippen molar-refractivity contribution in [2.75, 3.05) is 0 Å². The molecule has 3 aromatic heterocycles. The summed E-state index contributed by atoms with van der Waals surface area (Å²) in [6, 6.07) is 9.48. The van der Waals surface area contributed by atoms with Crippen LogP contribution in [-0.4, -0.2) is 40.5 Å². The molecule has 5 rings (SSSR count). The summed E-state index contributed by atoms with van der Waals surface area (Å²) in [7, 11) is 0. The van der Waals surface area contributed by atoms with Crippen LogP contribution in [-0.2, 0) is 17.8 Å². The van der Waals surface area contributed by atoms with Crippen molar-refractivity contribution in [2.45, 2.75) is 51.6 Å². The number of hydrogen-bond acceptors (Lipinski definition) is 6. The fraction of sp³-hybridized carbons (Fsp3) is 0.333. The van der Waals surface area contributed by atoms with E-state index in [1.54, 1.807) is 21.5 Å². The van der Waals surface area contributed by atoms with Crippen molar-refractivity contribution in [1.29, 1.82) is 0 Å². The minimum Gasteiger partial charge on any atom is -0.297 e. The highest BCUT2D eigenvalue weighted by Crippen LogP contribution is 2.32. The van der Waals surface area contributed by atoms with E-state index in [0.717, 1.165) is 53.6 Å². The van der Waals surface area contributed by atoms with Crippen molar-refractivity contribution in [3.63, 3.8) is 0 Å². The maximum absolute atomic E-state index is 13.4. The Morgan fingerprint density at radius 2 is 1.97 bits per heavy atom. The van der Waals surface area contributed by atoms with Crippen molar-refractivity contribution in [3.05, 3.63) is 70.7 Å². The second-order valence-electron chi connectivity index (χ2n) is 8.35. The molecule has 1 aliphatic carbocycles. The second-order valence-corrected chi connectivity index (χ2v) is 8.35. The number of nitrogens with zero attached hydrogens (tertiary/aromatic N) is 6. The van der Waals surface area contributed by atoms with Gasteiger partial charge in [0.05, 0.1) is 12.6 Å². The summed E-state index contributed by atoms with van der Waals surface area (Å²) in [6.45, 7) is 2.50. The summed E-state index contributed by atoms with van der Waals surface area (Å²) in [5.74, 6) is 0.705. The molecule has 0 spiro atoms. The first kappa shape index (κ1) is 21.0. The molecule has 33 heavy (non-hydrogen) atoms. The lowest BCUT2D eigenvalue weighted by atomic mass is 9.91. The number of benzene rings is 1. The van der Waals surface area contributed by atoms with Crippen LogP contribution in [0.1, 0.15) is 49.9 Å². The maximum Gasteiger partial charge on any atom is 0.329 e. The molecule has 3 heterocycles. The van der Waals surface area contributed by atoms with E-state index >= 15 is 0 Å². The van der Waals surface area contributed by atoms with Crippen molar-refractivity contribution in [2.24, 2.45) is 0 Å². The lowest BCUT2D eigenvalue weighted by Gasteiger charge is -2.24. The Labute approximate surface area is 190 Å². The topological polar surface area (TPSA) is 111 Å². The van der Waals surface area contributed by atoms with Crippen LogP contribution >= 0.6 is 0 Å². The quantitative estimate of drug-likeness (QED) is 0.448. The summed E-state index contributed by atoms with van der Waals surface area (Å²) >= 11 is 0. The fourth-order valence-corrected chi connectivity index (χ4v) is 4.37. The number of Topliss-reactive ketones (excluding diaryl/α,β-unsaturated/α-hetero) is 1. The summed E-state index contributed by atoms with van der Waals surface area (Å²) in [5, 5.41) is 14.3. The summed E-state index contributed by atoms with van der Waals surface area (Å²) in [5.41, 5.74) is 4.50. The van der Waals surface area contributed by atoms with Crippen LogP contribution in [0.5, 0.6) is 0 Å². The SMILES string of the molecule is CCCCc1cn(C2CCC2=O)c(=O)n1Cc1cnccc1-c1ccccc1-c1nnn[nH]1. The number of ketones is 1. The van der Waals surface area contributed by atoms with Gasteiger partial charge in [-0.15, -0.1) is 5.10 Å². The molecule has 0 aliphatic heterocycles. The van der Waals surface area contributed by atoms with Crippen LogP contribution in [0.15, 0.2) is 53.7 Å². The van der Waals surface area contributed by atoms with Gasteiger partial charge in [0.1, 0.15) is 0 Å². The number of imidazole rings is 1. The molecular weight excluding hydrogens is 418 g/mol. The standard InChI is InChI=1S/C24H25N7O2/c1-2-3-6-17-15-31(21-9-10-22(21)32)24(33)30(17)14-16-13-25-12-11-18(16)19-7-4-5-8-20(19)23-26-28-29-27-23/h4-5,7-8,11-13,15,21H,2-3,6,9-10,14H2,1H3,(H,26,27,28,29). The Balaban J connectivity index is 1.58. The number of aryl methyl sites for hydroxylation is 1. The van der Waals surface area contributed by atoms with E-state index in [1.807, 2.05) is 36.5 Å². The van der Waals surface area contributed by atoms with Gasteiger partial charge >= 0.3 is 5.69 Å². The monoisotopic (exact) mass is 443 g/mol. The van der Waals surface area contributed by atoms with Gasteiger partial charge in [0.15, 0.2) is 11.6 Å². The van der Waals surface area contributed by atoms with Crippen LogP contribution in [0, 0.1) is 0 Å². The predicted molar refractivity (Wildman–Crippen MR) is 123 cm³/mol. The number of rotatable bonds is 8. The molecule has 0 radical (unpaired) electrons. The zero-order valence-electron chi connectivity index (χ0n) is 18.4. The molecule has 1 aliphatic rings. The Morgan fingerprint density at radius 1 is 1.12 bits per heavy atom. The number of hydrogen-bond donors (Lipinski definition) is 1. The number of carbonyl (C=O) groups is 1. The van der Waals surface area contributed by atoms with Crippen LogP contribution in [0.4, 0.5) is 0 Å². The van der Waals surface area contributed by atoms with Gasteiger partial charge in [-0.2, -0.15) is 0 Å². The number of carbonyl (C=O) groups excluding carboxylic acids is 1. The van der Waals surface area contributed by atoms with E-state index in [9.17, 15) is 9.59 Å². The Hall–Kier alpha value is -3.88. The average molecular weight is 444 g/mol. The third-order valence-electron chi connectivity index (χ3n) is 6.29. The normalized spacial score (nSPS) is 15.5. The van der Waals surface area contributed by atoms with E-state index in [0.29, 0.717) is 18.8 Å².